The molecule has 16 heavy (non-hydrogen) atoms. The Kier molecular flexibility index (Phi) is 4.70. The quantitative estimate of drug-likeness (QED) is 0.823. The van der Waals surface area contributed by atoms with Gasteiger partial charge < -0.3 is 5.32 Å². The first-order valence-corrected chi connectivity index (χ1v) is 7.15. The van der Waals surface area contributed by atoms with Crippen LogP contribution < -0.4 is 5.32 Å². The Morgan fingerprint density at radius 3 is 2.75 bits per heavy atom. The van der Waals surface area contributed by atoms with Gasteiger partial charge in [0.15, 0.2) is 0 Å². The number of benzene rings is 1. The van der Waals surface area contributed by atoms with E-state index in [0.29, 0.717) is 18.7 Å². The van der Waals surface area contributed by atoms with Crippen LogP contribution in [0.3, 0.4) is 0 Å². The van der Waals surface area contributed by atoms with Gasteiger partial charge in [0.1, 0.15) is 15.7 Å². The molecule has 0 fully saturated rings. The third kappa shape index (κ3) is 4.47. The molecule has 0 aliphatic carbocycles. The van der Waals surface area contributed by atoms with E-state index >= 15 is 0 Å². The highest BCUT2D eigenvalue weighted by molar-refractivity contribution is 7.90. The number of sulfone groups is 1. The highest BCUT2D eigenvalue weighted by Gasteiger charge is 2.05. The van der Waals surface area contributed by atoms with E-state index in [9.17, 15) is 12.8 Å². The average molecular weight is 266 g/mol. The van der Waals surface area contributed by atoms with E-state index in [1.807, 2.05) is 0 Å². The van der Waals surface area contributed by atoms with Crippen molar-refractivity contribution in [3.05, 3.63) is 34.6 Å². The summed E-state index contributed by atoms with van der Waals surface area (Å²) in [6, 6.07) is 4.54. The first kappa shape index (κ1) is 13.4. The molecular weight excluding hydrogens is 253 g/mol. The molecule has 0 aliphatic heterocycles. The van der Waals surface area contributed by atoms with E-state index in [1.54, 1.807) is 12.1 Å². The van der Waals surface area contributed by atoms with Crippen LogP contribution in [0.15, 0.2) is 18.2 Å². The summed E-state index contributed by atoms with van der Waals surface area (Å²) < 4.78 is 34.7. The summed E-state index contributed by atoms with van der Waals surface area (Å²) in [5.74, 6) is -0.413. The largest absolute Gasteiger partial charge is 0.312 e. The minimum Gasteiger partial charge on any atom is -0.312 e. The molecule has 0 spiro atoms. The molecule has 0 amide bonds. The van der Waals surface area contributed by atoms with Crippen molar-refractivity contribution in [2.24, 2.45) is 0 Å². The molecule has 0 aliphatic rings. The molecule has 1 rings (SSSR count). The third-order valence-electron chi connectivity index (χ3n) is 2.00. The maximum Gasteiger partial charge on any atom is 0.148 e. The lowest BCUT2D eigenvalue weighted by atomic mass is 10.2. The first-order chi connectivity index (χ1) is 7.40. The van der Waals surface area contributed by atoms with Gasteiger partial charge in [0.05, 0.1) is 10.8 Å². The molecule has 0 radical (unpaired) electrons. The molecule has 1 aromatic carbocycles. The fourth-order valence-corrected chi connectivity index (χ4v) is 1.87. The fraction of sp³-hybridized carbons (Fsp3) is 0.400. The van der Waals surface area contributed by atoms with Crippen LogP contribution in [0.4, 0.5) is 4.39 Å². The Morgan fingerprint density at radius 2 is 2.12 bits per heavy atom. The van der Waals surface area contributed by atoms with Crippen molar-refractivity contribution < 1.29 is 12.8 Å². The maximum atomic E-state index is 13.0. The molecule has 0 atom stereocenters. The number of nitrogens with one attached hydrogen (secondary N) is 1. The lowest BCUT2D eigenvalue weighted by Gasteiger charge is -2.06. The van der Waals surface area contributed by atoms with Crippen molar-refractivity contribution in [1.82, 2.24) is 5.32 Å². The highest BCUT2D eigenvalue weighted by Crippen LogP contribution is 2.19. The monoisotopic (exact) mass is 265 g/mol. The van der Waals surface area contributed by atoms with Gasteiger partial charge in [-0.3, -0.25) is 0 Å². The third-order valence-corrected chi connectivity index (χ3v) is 3.37. The molecule has 0 unspecified atom stereocenters. The van der Waals surface area contributed by atoms with Gasteiger partial charge in [-0.1, -0.05) is 23.7 Å². The second kappa shape index (κ2) is 5.61. The summed E-state index contributed by atoms with van der Waals surface area (Å²) >= 11 is 5.73. The van der Waals surface area contributed by atoms with Crippen molar-refractivity contribution in [3.8, 4) is 0 Å². The van der Waals surface area contributed by atoms with Crippen molar-refractivity contribution >= 4 is 21.4 Å². The second-order valence-electron chi connectivity index (χ2n) is 3.52. The summed E-state index contributed by atoms with van der Waals surface area (Å²) in [7, 11) is -2.97. The van der Waals surface area contributed by atoms with Gasteiger partial charge in [-0.05, 0) is 11.6 Å². The van der Waals surface area contributed by atoms with Crippen molar-refractivity contribution in [3.63, 3.8) is 0 Å². The zero-order valence-electron chi connectivity index (χ0n) is 8.83. The number of halogens is 2. The predicted molar refractivity (Wildman–Crippen MR) is 62.8 cm³/mol. The summed E-state index contributed by atoms with van der Waals surface area (Å²) in [5, 5.41) is 2.97. The Morgan fingerprint density at radius 1 is 1.44 bits per heavy atom. The topological polar surface area (TPSA) is 46.2 Å². The molecule has 90 valence electrons. The van der Waals surface area contributed by atoms with E-state index in [-0.39, 0.29) is 10.8 Å². The lowest BCUT2D eigenvalue weighted by Crippen LogP contribution is -2.22. The van der Waals surface area contributed by atoms with Crippen LogP contribution in [0.2, 0.25) is 5.02 Å². The van der Waals surface area contributed by atoms with Crippen LogP contribution in [0.5, 0.6) is 0 Å². The van der Waals surface area contributed by atoms with E-state index in [2.05, 4.69) is 5.32 Å². The SMILES string of the molecule is CS(=O)(=O)CCNCc1cccc(F)c1Cl. The smallest absolute Gasteiger partial charge is 0.148 e. The van der Waals surface area contributed by atoms with Gasteiger partial charge in [-0.15, -0.1) is 0 Å². The van der Waals surface area contributed by atoms with Gasteiger partial charge >= 0.3 is 0 Å². The Bertz CT molecular complexity index is 462. The zero-order valence-corrected chi connectivity index (χ0v) is 10.4. The average Bonchev–Trinajstić information content (AvgIpc) is 2.17. The summed E-state index contributed by atoms with van der Waals surface area (Å²) in [6.45, 7) is 0.678. The Balaban J connectivity index is 2.47. The summed E-state index contributed by atoms with van der Waals surface area (Å²) in [5.41, 5.74) is 0.621. The van der Waals surface area contributed by atoms with Gasteiger partial charge in [-0.25, -0.2) is 12.8 Å². The van der Waals surface area contributed by atoms with Crippen LogP contribution in [0.25, 0.3) is 0 Å². The van der Waals surface area contributed by atoms with E-state index in [1.165, 1.54) is 12.3 Å². The maximum absolute atomic E-state index is 13.0. The van der Waals surface area contributed by atoms with Crippen LogP contribution in [-0.2, 0) is 16.4 Å². The molecule has 1 N–H and O–H groups in total. The predicted octanol–water partition coefficient (Wildman–Crippen LogP) is 1.61. The Labute approximate surface area is 99.5 Å². The van der Waals surface area contributed by atoms with E-state index < -0.39 is 15.7 Å². The van der Waals surface area contributed by atoms with Crippen LogP contribution >= 0.6 is 11.6 Å². The molecule has 1 aromatic rings. The van der Waals surface area contributed by atoms with Gasteiger partial charge in [0.25, 0.3) is 0 Å². The number of rotatable bonds is 5. The number of hydrogen-bond acceptors (Lipinski definition) is 3. The van der Waals surface area contributed by atoms with Crippen LogP contribution in [0.1, 0.15) is 5.56 Å². The van der Waals surface area contributed by atoms with Crippen LogP contribution in [0, 0.1) is 5.82 Å². The summed E-state index contributed by atoms with van der Waals surface area (Å²) in [6.07, 6.45) is 1.17. The van der Waals surface area contributed by atoms with Crippen molar-refractivity contribution in [1.29, 1.82) is 0 Å². The normalized spacial score (nSPS) is 11.7. The molecule has 0 saturated carbocycles. The fourth-order valence-electron chi connectivity index (χ4n) is 1.17. The first-order valence-electron chi connectivity index (χ1n) is 4.71. The standard InChI is InChI=1S/C10H13ClFNO2S/c1-16(14,15)6-5-13-7-8-3-2-4-9(12)10(8)11/h2-4,13H,5-7H2,1H3. The molecule has 0 aromatic heterocycles. The minimum absolute atomic E-state index is 0.0555. The van der Waals surface area contributed by atoms with Crippen molar-refractivity contribution in [2.45, 2.75) is 6.54 Å². The summed E-state index contributed by atoms with van der Waals surface area (Å²) in [4.78, 5) is 0. The minimum atomic E-state index is -2.97. The van der Waals surface area contributed by atoms with E-state index in [0.717, 1.165) is 0 Å². The van der Waals surface area contributed by atoms with Crippen molar-refractivity contribution in [2.75, 3.05) is 18.6 Å². The molecule has 3 nitrogen and oxygen atoms in total. The van der Waals surface area contributed by atoms with Gasteiger partial charge in [-0.2, -0.15) is 0 Å². The second-order valence-corrected chi connectivity index (χ2v) is 6.16. The molecule has 0 bridgehead atoms. The molecule has 6 heteroatoms. The zero-order chi connectivity index (χ0) is 12.2. The molecular formula is C10H13ClFNO2S. The lowest BCUT2D eigenvalue weighted by molar-refractivity contribution is 0.595. The molecule has 0 saturated heterocycles. The Hall–Kier alpha value is -0.650. The number of hydrogen-bond donors (Lipinski definition) is 1. The van der Waals surface area contributed by atoms with Gasteiger partial charge in [0.2, 0.25) is 0 Å². The highest BCUT2D eigenvalue weighted by atomic mass is 35.5. The molecule has 0 heterocycles. The van der Waals surface area contributed by atoms with Crippen LogP contribution in [-0.4, -0.2) is 27.0 Å². The van der Waals surface area contributed by atoms with Gasteiger partial charge in [0, 0.05) is 19.3 Å². The van der Waals surface area contributed by atoms with E-state index in [4.69, 9.17) is 11.6 Å².